The van der Waals surface area contributed by atoms with Gasteiger partial charge >= 0.3 is 0 Å². The largest absolute Gasteiger partial charge is 0.292 e. The quantitative estimate of drug-likeness (QED) is 0.796. The summed E-state index contributed by atoms with van der Waals surface area (Å²) in [5.74, 6) is -0.156. The maximum Gasteiger partial charge on any atom is 0.123 e. The van der Waals surface area contributed by atoms with Crippen molar-refractivity contribution in [2.75, 3.05) is 6.54 Å². The van der Waals surface area contributed by atoms with Gasteiger partial charge in [-0.25, -0.2) is 4.39 Å². The summed E-state index contributed by atoms with van der Waals surface area (Å²) in [5.41, 5.74) is 2.58. The average Bonchev–Trinajstić information content (AvgIpc) is 2.89. The van der Waals surface area contributed by atoms with Crippen molar-refractivity contribution < 1.29 is 4.39 Å². The van der Waals surface area contributed by atoms with Gasteiger partial charge in [-0.2, -0.15) is 0 Å². The van der Waals surface area contributed by atoms with Crippen LogP contribution in [-0.2, 0) is 6.54 Å². The van der Waals surface area contributed by atoms with Gasteiger partial charge in [-0.05, 0) is 42.6 Å². The number of benzene rings is 2. The molecule has 3 rings (SSSR count). The molecule has 2 heteroatoms. The Balaban J connectivity index is 1.76. The molecule has 2 aromatic carbocycles. The van der Waals surface area contributed by atoms with Gasteiger partial charge < -0.3 is 0 Å². The molecule has 98 valence electrons. The Bertz CT molecular complexity index is 521. The number of halogens is 1. The van der Waals surface area contributed by atoms with Crippen molar-refractivity contribution in [3.05, 3.63) is 71.5 Å². The van der Waals surface area contributed by atoms with Crippen LogP contribution in [0, 0.1) is 5.82 Å². The lowest BCUT2D eigenvalue weighted by molar-refractivity contribution is 0.248. The van der Waals surface area contributed by atoms with E-state index in [2.05, 4.69) is 29.2 Å². The van der Waals surface area contributed by atoms with Crippen molar-refractivity contribution in [3.8, 4) is 0 Å². The zero-order chi connectivity index (χ0) is 13.1. The minimum Gasteiger partial charge on any atom is -0.292 e. The van der Waals surface area contributed by atoms with E-state index in [0.717, 1.165) is 13.1 Å². The molecule has 0 N–H and O–H groups in total. The minimum absolute atomic E-state index is 0.156. The molecule has 0 aromatic heterocycles. The number of hydrogen-bond acceptors (Lipinski definition) is 1. The molecule has 0 bridgehead atoms. The van der Waals surface area contributed by atoms with Crippen LogP contribution < -0.4 is 0 Å². The maximum absolute atomic E-state index is 13.0. The van der Waals surface area contributed by atoms with E-state index >= 15 is 0 Å². The molecule has 0 radical (unpaired) electrons. The summed E-state index contributed by atoms with van der Waals surface area (Å²) in [5, 5.41) is 0. The average molecular weight is 255 g/mol. The topological polar surface area (TPSA) is 3.24 Å². The molecule has 0 aliphatic carbocycles. The lowest BCUT2D eigenvalue weighted by atomic mass is 10.0. The predicted octanol–water partition coefficient (Wildman–Crippen LogP) is 4.16. The van der Waals surface area contributed by atoms with Crippen LogP contribution >= 0.6 is 0 Å². The van der Waals surface area contributed by atoms with Crippen LogP contribution in [0.5, 0.6) is 0 Å². The van der Waals surface area contributed by atoms with E-state index in [9.17, 15) is 4.39 Å². The fourth-order valence-corrected chi connectivity index (χ4v) is 2.90. The molecule has 1 aliphatic rings. The van der Waals surface area contributed by atoms with Gasteiger partial charge in [0.25, 0.3) is 0 Å². The molecule has 1 saturated heterocycles. The second-order valence-electron chi connectivity index (χ2n) is 5.17. The minimum atomic E-state index is -0.156. The Kier molecular flexibility index (Phi) is 3.60. The van der Waals surface area contributed by atoms with Crippen LogP contribution in [0.2, 0.25) is 0 Å². The van der Waals surface area contributed by atoms with Crippen molar-refractivity contribution in [1.82, 2.24) is 4.90 Å². The van der Waals surface area contributed by atoms with Crippen molar-refractivity contribution in [1.29, 1.82) is 0 Å². The normalized spacial score (nSPS) is 19.7. The van der Waals surface area contributed by atoms with Gasteiger partial charge in [-0.1, -0.05) is 42.5 Å². The second kappa shape index (κ2) is 5.54. The number of nitrogens with zero attached hydrogens (tertiary/aromatic N) is 1. The van der Waals surface area contributed by atoms with Crippen molar-refractivity contribution in [2.45, 2.75) is 25.4 Å². The summed E-state index contributed by atoms with van der Waals surface area (Å²) in [4.78, 5) is 2.49. The molecular formula is C17H18FN. The molecular weight excluding hydrogens is 237 g/mol. The summed E-state index contributed by atoms with van der Waals surface area (Å²) >= 11 is 0. The first-order valence-electron chi connectivity index (χ1n) is 6.86. The lowest BCUT2D eigenvalue weighted by Gasteiger charge is -2.25. The zero-order valence-corrected chi connectivity index (χ0v) is 10.9. The highest BCUT2D eigenvalue weighted by atomic mass is 19.1. The van der Waals surface area contributed by atoms with Crippen LogP contribution in [-0.4, -0.2) is 11.4 Å². The molecule has 1 heterocycles. The third-order valence-electron chi connectivity index (χ3n) is 3.85. The molecule has 0 spiro atoms. The van der Waals surface area contributed by atoms with E-state index in [4.69, 9.17) is 0 Å². The molecule has 0 unspecified atom stereocenters. The highest BCUT2D eigenvalue weighted by molar-refractivity contribution is 5.22. The van der Waals surface area contributed by atoms with E-state index in [-0.39, 0.29) is 5.82 Å². The van der Waals surface area contributed by atoms with Crippen LogP contribution in [0.1, 0.15) is 30.0 Å². The van der Waals surface area contributed by atoms with E-state index in [0.29, 0.717) is 6.04 Å². The molecule has 19 heavy (non-hydrogen) atoms. The second-order valence-corrected chi connectivity index (χ2v) is 5.17. The van der Waals surface area contributed by atoms with Gasteiger partial charge in [0.2, 0.25) is 0 Å². The zero-order valence-electron chi connectivity index (χ0n) is 10.9. The summed E-state index contributed by atoms with van der Waals surface area (Å²) in [6.07, 6.45) is 2.38. The third kappa shape index (κ3) is 2.85. The SMILES string of the molecule is Fc1ccc([C@H]2CCCN2Cc2ccccc2)cc1. The lowest BCUT2D eigenvalue weighted by Crippen LogP contribution is -2.22. The van der Waals surface area contributed by atoms with Crippen molar-refractivity contribution in [2.24, 2.45) is 0 Å². The summed E-state index contributed by atoms with van der Waals surface area (Å²) in [6, 6.07) is 17.9. The van der Waals surface area contributed by atoms with Crippen LogP contribution in [0.3, 0.4) is 0 Å². The Hall–Kier alpha value is -1.67. The van der Waals surface area contributed by atoms with Crippen LogP contribution in [0.4, 0.5) is 4.39 Å². The number of rotatable bonds is 3. The van der Waals surface area contributed by atoms with Gasteiger partial charge in [0.05, 0.1) is 0 Å². The highest BCUT2D eigenvalue weighted by Gasteiger charge is 2.25. The monoisotopic (exact) mass is 255 g/mol. The number of likely N-dealkylation sites (tertiary alicyclic amines) is 1. The summed E-state index contributed by atoms with van der Waals surface area (Å²) in [7, 11) is 0. The number of hydrogen-bond donors (Lipinski definition) is 0. The fraction of sp³-hybridized carbons (Fsp3) is 0.294. The van der Waals surface area contributed by atoms with Crippen molar-refractivity contribution >= 4 is 0 Å². The Morgan fingerprint density at radius 1 is 1.00 bits per heavy atom. The Labute approximate surface area is 113 Å². The summed E-state index contributed by atoms with van der Waals surface area (Å²) in [6.45, 7) is 2.10. The van der Waals surface area contributed by atoms with Crippen LogP contribution in [0.25, 0.3) is 0 Å². The predicted molar refractivity (Wildman–Crippen MR) is 75.2 cm³/mol. The first-order valence-corrected chi connectivity index (χ1v) is 6.86. The fourth-order valence-electron chi connectivity index (χ4n) is 2.90. The standard InChI is InChI=1S/C17H18FN/c18-16-10-8-15(9-11-16)17-7-4-12-19(17)13-14-5-2-1-3-6-14/h1-3,5-6,8-11,17H,4,7,12-13H2/t17-/m1/s1. The van der Waals surface area contributed by atoms with E-state index < -0.39 is 0 Å². The van der Waals surface area contributed by atoms with Gasteiger partial charge in [0.15, 0.2) is 0 Å². The third-order valence-corrected chi connectivity index (χ3v) is 3.85. The molecule has 2 aromatic rings. The van der Waals surface area contributed by atoms with E-state index in [1.807, 2.05) is 18.2 Å². The molecule has 1 nitrogen and oxygen atoms in total. The van der Waals surface area contributed by atoms with E-state index in [1.54, 1.807) is 12.1 Å². The Morgan fingerprint density at radius 2 is 1.74 bits per heavy atom. The molecule has 0 amide bonds. The molecule has 1 aliphatic heterocycles. The molecule has 0 saturated carbocycles. The Morgan fingerprint density at radius 3 is 2.47 bits per heavy atom. The first-order chi connectivity index (χ1) is 9.33. The van der Waals surface area contributed by atoms with Gasteiger partial charge in [0, 0.05) is 12.6 Å². The molecule has 1 atom stereocenters. The van der Waals surface area contributed by atoms with Crippen LogP contribution in [0.15, 0.2) is 54.6 Å². The van der Waals surface area contributed by atoms with Gasteiger partial charge in [-0.3, -0.25) is 4.90 Å². The first kappa shape index (κ1) is 12.4. The maximum atomic E-state index is 13.0. The highest BCUT2D eigenvalue weighted by Crippen LogP contribution is 2.33. The van der Waals surface area contributed by atoms with Crippen molar-refractivity contribution in [3.63, 3.8) is 0 Å². The van der Waals surface area contributed by atoms with Gasteiger partial charge in [-0.15, -0.1) is 0 Å². The summed E-state index contributed by atoms with van der Waals surface area (Å²) < 4.78 is 13.0. The smallest absolute Gasteiger partial charge is 0.123 e. The van der Waals surface area contributed by atoms with E-state index in [1.165, 1.54) is 24.0 Å². The molecule has 1 fully saturated rings. The van der Waals surface area contributed by atoms with Gasteiger partial charge in [0.1, 0.15) is 5.82 Å².